The van der Waals surface area contributed by atoms with Crippen molar-refractivity contribution in [1.82, 2.24) is 20.0 Å². The Labute approximate surface area is 199 Å². The number of pyridine rings is 1. The molecule has 0 N–H and O–H groups in total. The summed E-state index contributed by atoms with van der Waals surface area (Å²) in [5.74, 6) is -0.582. The molecule has 2 aliphatic rings. The first-order chi connectivity index (χ1) is 16.8. The molecule has 2 aromatic heterocycles. The number of aryl methyl sites for hydroxylation is 2. The number of hydrazone groups is 1. The van der Waals surface area contributed by atoms with Gasteiger partial charge in [0.1, 0.15) is 17.7 Å². The van der Waals surface area contributed by atoms with Crippen molar-refractivity contribution in [2.45, 2.75) is 32.4 Å². The Bertz CT molecular complexity index is 1360. The molecule has 4 heterocycles. The van der Waals surface area contributed by atoms with Gasteiger partial charge in [0.25, 0.3) is 0 Å². The lowest BCUT2D eigenvalue weighted by Gasteiger charge is -2.41. The Morgan fingerprint density at radius 2 is 2.03 bits per heavy atom. The van der Waals surface area contributed by atoms with Crippen LogP contribution in [0.2, 0.25) is 0 Å². The minimum atomic E-state index is -0.617. The molecular weight excluding hydrogens is 458 g/mol. The van der Waals surface area contributed by atoms with E-state index in [9.17, 15) is 13.6 Å². The van der Waals surface area contributed by atoms with E-state index in [0.717, 1.165) is 12.3 Å². The third kappa shape index (κ3) is 4.19. The minimum Gasteiger partial charge on any atom is -0.483 e. The molecule has 0 unspecified atom stereocenters. The summed E-state index contributed by atoms with van der Waals surface area (Å²) in [5.41, 5.74) is 2.45. The number of aromatic nitrogens is 2. The monoisotopic (exact) mass is 478 g/mol. The van der Waals surface area contributed by atoms with Gasteiger partial charge >= 0.3 is 6.03 Å². The van der Waals surface area contributed by atoms with E-state index in [1.165, 1.54) is 22.0 Å². The fourth-order valence-electron chi connectivity index (χ4n) is 4.23. The number of hydrogen-bond acceptors (Lipinski definition) is 7. The number of rotatable bonds is 4. The van der Waals surface area contributed by atoms with Crippen LogP contribution in [-0.4, -0.2) is 51.5 Å². The largest absolute Gasteiger partial charge is 0.483 e. The molecule has 0 saturated carbocycles. The van der Waals surface area contributed by atoms with Gasteiger partial charge in [0.2, 0.25) is 0 Å². The highest BCUT2D eigenvalue weighted by Crippen LogP contribution is 2.33. The molecule has 35 heavy (non-hydrogen) atoms. The fourth-order valence-corrected chi connectivity index (χ4v) is 4.23. The number of benzene rings is 1. The normalized spacial score (nSPS) is 17.4. The van der Waals surface area contributed by atoms with Crippen LogP contribution in [0.1, 0.15) is 35.0 Å². The highest BCUT2D eigenvalue weighted by Gasteiger charge is 2.39. The number of carbonyl (C=O) groups is 1. The van der Waals surface area contributed by atoms with E-state index in [1.54, 1.807) is 26.1 Å². The van der Waals surface area contributed by atoms with Gasteiger partial charge in [-0.15, -0.1) is 0 Å². The number of likely N-dealkylation sites (tertiary alicyclic amines) is 1. The molecule has 1 aromatic carbocycles. The Morgan fingerprint density at radius 3 is 2.74 bits per heavy atom. The summed E-state index contributed by atoms with van der Waals surface area (Å²) in [6.45, 7) is 3.97. The van der Waals surface area contributed by atoms with Crippen molar-refractivity contribution in [3.8, 4) is 23.1 Å². The molecule has 1 saturated heterocycles. The summed E-state index contributed by atoms with van der Waals surface area (Å²) in [6, 6.07) is 6.50. The van der Waals surface area contributed by atoms with Crippen molar-refractivity contribution in [3.63, 3.8) is 0 Å². The maximum Gasteiger partial charge on any atom is 0.341 e. The fraction of sp³-hybridized carbons (Fsp3) is 0.292. The number of nitrogens with zero attached hydrogens (tertiary/aromatic N) is 6. The van der Waals surface area contributed by atoms with Gasteiger partial charge in [0, 0.05) is 18.7 Å². The lowest BCUT2D eigenvalue weighted by atomic mass is 10.0. The van der Waals surface area contributed by atoms with E-state index in [1.807, 2.05) is 6.07 Å². The van der Waals surface area contributed by atoms with Crippen LogP contribution < -0.4 is 4.74 Å². The van der Waals surface area contributed by atoms with Crippen molar-refractivity contribution in [3.05, 3.63) is 64.7 Å². The lowest BCUT2D eigenvalue weighted by Crippen LogP contribution is -2.58. The van der Waals surface area contributed by atoms with E-state index in [-0.39, 0.29) is 30.4 Å². The van der Waals surface area contributed by atoms with Gasteiger partial charge in [-0.3, -0.25) is 4.98 Å². The summed E-state index contributed by atoms with van der Waals surface area (Å²) in [6.07, 6.45) is 2.64. The third-order valence-corrected chi connectivity index (χ3v) is 5.98. The van der Waals surface area contributed by atoms with Crippen molar-refractivity contribution in [2.75, 3.05) is 13.1 Å². The number of hydrogen-bond donors (Lipinski definition) is 0. The smallest absolute Gasteiger partial charge is 0.341 e. The van der Waals surface area contributed by atoms with Gasteiger partial charge in [-0.25, -0.2) is 18.6 Å². The van der Waals surface area contributed by atoms with Crippen LogP contribution in [0, 0.1) is 36.8 Å². The minimum absolute atomic E-state index is 0.0213. The number of nitriles is 1. The van der Waals surface area contributed by atoms with Crippen molar-refractivity contribution in [2.24, 2.45) is 5.10 Å². The summed E-state index contributed by atoms with van der Waals surface area (Å²) in [5, 5.41) is 18.4. The third-order valence-electron chi connectivity index (χ3n) is 5.98. The van der Waals surface area contributed by atoms with Gasteiger partial charge in [0.15, 0.2) is 11.6 Å². The predicted octanol–water partition coefficient (Wildman–Crippen LogP) is 4.12. The van der Waals surface area contributed by atoms with Crippen LogP contribution in [0.25, 0.3) is 11.3 Å². The summed E-state index contributed by atoms with van der Waals surface area (Å²) >= 11 is 0. The van der Waals surface area contributed by atoms with Crippen LogP contribution in [-0.2, 0) is 0 Å². The summed E-state index contributed by atoms with van der Waals surface area (Å²) in [7, 11) is 0. The zero-order chi connectivity index (χ0) is 24.7. The Kier molecular flexibility index (Phi) is 5.64. The van der Waals surface area contributed by atoms with E-state index < -0.39 is 23.8 Å². The zero-order valence-electron chi connectivity index (χ0n) is 18.9. The molecule has 178 valence electrons. The van der Waals surface area contributed by atoms with Gasteiger partial charge in [-0.1, -0.05) is 5.16 Å². The molecule has 0 spiro atoms. The average molecular weight is 478 g/mol. The first-order valence-corrected chi connectivity index (χ1v) is 10.9. The van der Waals surface area contributed by atoms with Crippen LogP contribution >= 0.6 is 0 Å². The van der Waals surface area contributed by atoms with Gasteiger partial charge in [0.05, 0.1) is 53.9 Å². The van der Waals surface area contributed by atoms with Crippen LogP contribution in [0.15, 0.2) is 40.1 Å². The summed E-state index contributed by atoms with van der Waals surface area (Å²) in [4.78, 5) is 18.7. The molecular formula is C24H20F2N6O3. The molecule has 0 bridgehead atoms. The number of carbonyl (C=O) groups excluding carboxylic acids is 1. The quantitative estimate of drug-likeness (QED) is 0.558. The van der Waals surface area contributed by atoms with Gasteiger partial charge in [-0.2, -0.15) is 10.4 Å². The number of urea groups is 1. The highest BCUT2D eigenvalue weighted by atomic mass is 19.1. The molecule has 1 atom stereocenters. The standard InChI is InChI=1S/C24H20F2N6O3/c1-13-23(14(2)35-30-13)20-8-22(19(26)10-28-20)34-18-11-31(12-18)24(33)32-21(3-4-29-32)16-5-15(9-27)6-17(25)7-16/h4-8,10,18,21H,3,11-12H2,1-2H3/t21-/m0/s1. The molecule has 2 amide bonds. The second kappa shape index (κ2) is 8.79. The topological polar surface area (TPSA) is 108 Å². The lowest BCUT2D eigenvalue weighted by molar-refractivity contribution is 0.0257. The predicted molar refractivity (Wildman–Crippen MR) is 119 cm³/mol. The molecule has 5 rings (SSSR count). The van der Waals surface area contributed by atoms with E-state index in [0.29, 0.717) is 34.7 Å². The second-order valence-electron chi connectivity index (χ2n) is 8.41. The van der Waals surface area contributed by atoms with E-state index >= 15 is 0 Å². The Hall–Kier alpha value is -4.33. The SMILES string of the molecule is Cc1noc(C)c1-c1cc(OC2CN(C(=O)N3N=CC[C@H]3c3cc(F)cc(C#N)c3)C2)c(F)cn1. The molecule has 0 aliphatic carbocycles. The maximum absolute atomic E-state index is 14.4. The first kappa shape index (κ1) is 22.5. The molecule has 9 nitrogen and oxygen atoms in total. The van der Waals surface area contributed by atoms with Crippen LogP contribution in [0.5, 0.6) is 5.75 Å². The van der Waals surface area contributed by atoms with Crippen LogP contribution in [0.3, 0.4) is 0 Å². The number of ether oxygens (including phenoxy) is 1. The Morgan fingerprint density at radius 1 is 1.23 bits per heavy atom. The first-order valence-electron chi connectivity index (χ1n) is 10.9. The van der Waals surface area contributed by atoms with Crippen molar-refractivity contribution >= 4 is 12.2 Å². The van der Waals surface area contributed by atoms with Crippen LogP contribution in [0.4, 0.5) is 13.6 Å². The molecule has 1 fully saturated rings. The summed E-state index contributed by atoms with van der Waals surface area (Å²) < 4.78 is 39.3. The molecule has 11 heteroatoms. The molecule has 0 radical (unpaired) electrons. The zero-order valence-corrected chi connectivity index (χ0v) is 18.9. The van der Waals surface area contributed by atoms with E-state index in [4.69, 9.17) is 14.5 Å². The molecule has 2 aliphatic heterocycles. The maximum atomic E-state index is 14.4. The van der Waals surface area contributed by atoms with Crippen molar-refractivity contribution in [1.29, 1.82) is 5.26 Å². The van der Waals surface area contributed by atoms with Crippen molar-refractivity contribution < 1.29 is 22.8 Å². The second-order valence-corrected chi connectivity index (χ2v) is 8.41. The highest BCUT2D eigenvalue weighted by molar-refractivity contribution is 5.79. The number of halogens is 2. The van der Waals surface area contributed by atoms with Gasteiger partial charge < -0.3 is 14.2 Å². The Balaban J connectivity index is 1.25. The number of amides is 2. The average Bonchev–Trinajstić information content (AvgIpc) is 3.43. The van der Waals surface area contributed by atoms with E-state index in [2.05, 4.69) is 15.2 Å². The van der Waals surface area contributed by atoms with Gasteiger partial charge in [-0.05, 0) is 37.6 Å². The molecule has 3 aromatic rings.